The molecular formula is C14H13BNO. The molecule has 0 saturated carbocycles. The predicted octanol–water partition coefficient (Wildman–Crippen LogP) is 2.62. The Morgan fingerprint density at radius 2 is 1.41 bits per heavy atom. The van der Waals surface area contributed by atoms with E-state index in [2.05, 4.69) is 41.6 Å². The average Bonchev–Trinajstić information content (AvgIpc) is 2.90. The first kappa shape index (κ1) is 10.6. The van der Waals surface area contributed by atoms with Gasteiger partial charge in [-0.15, -0.1) is 0 Å². The third-order valence-electron chi connectivity index (χ3n) is 3.05. The van der Waals surface area contributed by atoms with Gasteiger partial charge in [-0.3, -0.25) is 0 Å². The highest BCUT2D eigenvalue weighted by atomic mass is 16.5. The van der Waals surface area contributed by atoms with Crippen molar-refractivity contribution in [1.82, 2.24) is 5.23 Å². The van der Waals surface area contributed by atoms with Gasteiger partial charge in [-0.25, -0.2) is 0 Å². The van der Waals surface area contributed by atoms with Crippen LogP contribution in [0.4, 0.5) is 0 Å². The van der Waals surface area contributed by atoms with Crippen molar-refractivity contribution in [3.05, 3.63) is 71.8 Å². The largest absolute Gasteiger partial charge is 0.415 e. The van der Waals surface area contributed by atoms with E-state index in [0.29, 0.717) is 0 Å². The Morgan fingerprint density at radius 3 is 2.06 bits per heavy atom. The van der Waals surface area contributed by atoms with E-state index in [1.54, 1.807) is 7.62 Å². The van der Waals surface area contributed by atoms with Crippen LogP contribution in [0.1, 0.15) is 23.3 Å². The standard InChI is InChI=1S/C14H13BNO/c1-3-7-11(8-4-1)13-14(17-15-16-13)12-9-5-2-6-10-12/h1-10,13-14,16H/t13-,14+/m1/s1. The van der Waals surface area contributed by atoms with E-state index >= 15 is 0 Å². The molecule has 3 heteroatoms. The van der Waals surface area contributed by atoms with Gasteiger partial charge in [-0.2, -0.15) is 0 Å². The monoisotopic (exact) mass is 222 g/mol. The topological polar surface area (TPSA) is 21.3 Å². The lowest BCUT2D eigenvalue weighted by Crippen LogP contribution is -2.18. The summed E-state index contributed by atoms with van der Waals surface area (Å²) in [5.74, 6) is 0. The molecule has 1 aliphatic rings. The van der Waals surface area contributed by atoms with Gasteiger partial charge in [-0.05, 0) is 11.1 Å². The summed E-state index contributed by atoms with van der Waals surface area (Å²) in [6, 6.07) is 20.9. The van der Waals surface area contributed by atoms with Gasteiger partial charge in [-0.1, -0.05) is 60.7 Å². The zero-order valence-electron chi connectivity index (χ0n) is 9.41. The van der Waals surface area contributed by atoms with Gasteiger partial charge in [0, 0.05) is 0 Å². The second-order valence-electron chi connectivity index (χ2n) is 4.14. The number of benzene rings is 2. The van der Waals surface area contributed by atoms with Crippen LogP contribution >= 0.6 is 0 Å². The van der Waals surface area contributed by atoms with Gasteiger partial charge in [0.25, 0.3) is 0 Å². The Labute approximate surface area is 102 Å². The summed E-state index contributed by atoms with van der Waals surface area (Å²) in [7, 11) is 1.69. The summed E-state index contributed by atoms with van der Waals surface area (Å²) < 4.78 is 5.67. The lowest BCUT2D eigenvalue weighted by molar-refractivity contribution is 0.222. The van der Waals surface area contributed by atoms with E-state index in [0.717, 1.165) is 0 Å². The van der Waals surface area contributed by atoms with Gasteiger partial charge in [0.2, 0.25) is 0 Å². The third kappa shape index (κ3) is 2.12. The Bertz CT molecular complexity index is 429. The normalized spacial score (nSPS) is 23.3. The molecule has 0 amide bonds. The Hall–Kier alpha value is -1.58. The lowest BCUT2D eigenvalue weighted by atomic mass is 9.96. The van der Waals surface area contributed by atoms with E-state index < -0.39 is 0 Å². The van der Waals surface area contributed by atoms with Crippen LogP contribution in [0.3, 0.4) is 0 Å². The molecule has 0 aliphatic carbocycles. The van der Waals surface area contributed by atoms with Crippen molar-refractivity contribution in [2.45, 2.75) is 12.1 Å². The molecule has 1 aliphatic heterocycles. The number of rotatable bonds is 2. The van der Waals surface area contributed by atoms with Crippen molar-refractivity contribution in [3.63, 3.8) is 0 Å². The zero-order chi connectivity index (χ0) is 11.5. The van der Waals surface area contributed by atoms with Crippen molar-refractivity contribution < 1.29 is 4.65 Å². The molecule has 0 spiro atoms. The molecule has 83 valence electrons. The number of nitrogens with one attached hydrogen (secondary N) is 1. The fourth-order valence-corrected chi connectivity index (χ4v) is 2.20. The minimum absolute atomic E-state index is 0.0543. The van der Waals surface area contributed by atoms with Crippen LogP contribution in [-0.2, 0) is 4.65 Å². The van der Waals surface area contributed by atoms with Crippen molar-refractivity contribution in [1.29, 1.82) is 0 Å². The Kier molecular flexibility index (Phi) is 2.95. The first-order valence-corrected chi connectivity index (χ1v) is 5.78. The maximum Gasteiger partial charge on any atom is 0.396 e. The van der Waals surface area contributed by atoms with Crippen LogP contribution < -0.4 is 5.23 Å². The molecular weight excluding hydrogens is 209 g/mol. The second kappa shape index (κ2) is 4.74. The van der Waals surface area contributed by atoms with Gasteiger partial charge >= 0.3 is 7.62 Å². The minimum Gasteiger partial charge on any atom is -0.415 e. The number of hydrogen-bond acceptors (Lipinski definition) is 2. The molecule has 2 atom stereocenters. The molecule has 1 fully saturated rings. The molecule has 0 unspecified atom stereocenters. The maximum absolute atomic E-state index is 5.67. The molecule has 0 aromatic heterocycles. The summed E-state index contributed by atoms with van der Waals surface area (Å²) in [5.41, 5.74) is 2.44. The number of hydrogen-bond donors (Lipinski definition) is 1. The highest BCUT2D eigenvalue weighted by molar-refractivity contribution is 6.24. The zero-order valence-corrected chi connectivity index (χ0v) is 9.41. The molecule has 3 rings (SSSR count). The summed E-state index contributed by atoms with van der Waals surface area (Å²) in [5, 5.41) is 3.27. The minimum atomic E-state index is 0.0543. The van der Waals surface area contributed by atoms with Crippen molar-refractivity contribution >= 4 is 7.62 Å². The maximum atomic E-state index is 5.67. The van der Waals surface area contributed by atoms with Gasteiger partial charge in [0.05, 0.1) is 12.1 Å². The van der Waals surface area contributed by atoms with E-state index in [4.69, 9.17) is 4.65 Å². The van der Waals surface area contributed by atoms with Crippen LogP contribution in [0.2, 0.25) is 0 Å². The summed E-state index contributed by atoms with van der Waals surface area (Å²) >= 11 is 0. The van der Waals surface area contributed by atoms with E-state index in [9.17, 15) is 0 Å². The highest BCUT2D eigenvalue weighted by Gasteiger charge is 2.30. The van der Waals surface area contributed by atoms with Crippen molar-refractivity contribution in [3.8, 4) is 0 Å². The van der Waals surface area contributed by atoms with Crippen LogP contribution in [0.15, 0.2) is 60.7 Å². The molecule has 2 aromatic carbocycles. The average molecular weight is 222 g/mol. The van der Waals surface area contributed by atoms with Crippen LogP contribution in [0.25, 0.3) is 0 Å². The molecule has 1 heterocycles. The Morgan fingerprint density at radius 1 is 0.824 bits per heavy atom. The van der Waals surface area contributed by atoms with Crippen molar-refractivity contribution in [2.75, 3.05) is 0 Å². The molecule has 1 N–H and O–H groups in total. The van der Waals surface area contributed by atoms with E-state index in [-0.39, 0.29) is 12.1 Å². The highest BCUT2D eigenvalue weighted by Crippen LogP contribution is 2.34. The third-order valence-corrected chi connectivity index (χ3v) is 3.05. The lowest BCUT2D eigenvalue weighted by Gasteiger charge is -2.20. The molecule has 2 nitrogen and oxygen atoms in total. The summed E-state index contributed by atoms with van der Waals surface area (Å²) in [6.45, 7) is 0. The fraction of sp³-hybridized carbons (Fsp3) is 0.143. The Balaban J connectivity index is 1.91. The molecule has 2 aromatic rings. The first-order chi connectivity index (χ1) is 8.45. The van der Waals surface area contributed by atoms with Gasteiger partial charge in [0.15, 0.2) is 0 Å². The summed E-state index contributed by atoms with van der Waals surface area (Å²) in [4.78, 5) is 0. The summed E-state index contributed by atoms with van der Waals surface area (Å²) in [6.07, 6.45) is 0.0543. The smallest absolute Gasteiger partial charge is 0.396 e. The predicted molar refractivity (Wildman–Crippen MR) is 68.3 cm³/mol. The first-order valence-electron chi connectivity index (χ1n) is 5.78. The SMILES string of the molecule is [B]1N[C@H](c2ccccc2)[C@H](c2ccccc2)O1. The molecule has 1 saturated heterocycles. The van der Waals surface area contributed by atoms with Crippen LogP contribution in [0, 0.1) is 0 Å². The quantitative estimate of drug-likeness (QED) is 0.788. The van der Waals surface area contributed by atoms with Crippen LogP contribution in [0.5, 0.6) is 0 Å². The van der Waals surface area contributed by atoms with E-state index in [1.165, 1.54) is 11.1 Å². The van der Waals surface area contributed by atoms with Gasteiger partial charge in [0.1, 0.15) is 0 Å². The van der Waals surface area contributed by atoms with Gasteiger partial charge < -0.3 is 9.88 Å². The van der Waals surface area contributed by atoms with Crippen LogP contribution in [-0.4, -0.2) is 7.62 Å². The molecule has 0 bridgehead atoms. The second-order valence-corrected chi connectivity index (χ2v) is 4.14. The fourth-order valence-electron chi connectivity index (χ4n) is 2.20. The van der Waals surface area contributed by atoms with E-state index in [1.807, 2.05) is 24.3 Å². The molecule has 17 heavy (non-hydrogen) atoms. The van der Waals surface area contributed by atoms with Crippen molar-refractivity contribution in [2.24, 2.45) is 0 Å². The molecule has 1 radical (unpaired) electrons.